The number of hydrogen-bond acceptors (Lipinski definition) is 1. The molecule has 2 rings (SSSR count). The van der Waals surface area contributed by atoms with Crippen molar-refractivity contribution < 1.29 is 13.5 Å². The number of aryl methyl sites for hydroxylation is 2. The van der Waals surface area contributed by atoms with E-state index in [2.05, 4.69) is 52.7 Å². The Balaban J connectivity index is 2.12. The molecule has 1 atom stereocenters. The molecule has 0 bridgehead atoms. The van der Waals surface area contributed by atoms with Gasteiger partial charge in [0.15, 0.2) is 0 Å². The van der Waals surface area contributed by atoms with Crippen molar-refractivity contribution in [3.63, 3.8) is 0 Å². The SMILES string of the molecule is Cc1ccc(CC(Br)c2cccc(OC(F)F)c2)cc1C. The van der Waals surface area contributed by atoms with Gasteiger partial charge >= 0.3 is 6.61 Å². The van der Waals surface area contributed by atoms with E-state index in [1.165, 1.54) is 22.8 Å². The van der Waals surface area contributed by atoms with Gasteiger partial charge in [0.2, 0.25) is 0 Å². The molecule has 4 heteroatoms. The van der Waals surface area contributed by atoms with Crippen LogP contribution in [0.3, 0.4) is 0 Å². The van der Waals surface area contributed by atoms with Crippen molar-refractivity contribution >= 4 is 15.9 Å². The topological polar surface area (TPSA) is 9.23 Å². The normalized spacial score (nSPS) is 12.5. The first kappa shape index (κ1) is 16.0. The molecule has 0 fully saturated rings. The zero-order chi connectivity index (χ0) is 15.4. The lowest BCUT2D eigenvalue weighted by Crippen LogP contribution is -2.03. The summed E-state index contributed by atoms with van der Waals surface area (Å²) in [5, 5.41) is 0. The number of rotatable bonds is 5. The first-order valence-electron chi connectivity index (χ1n) is 6.70. The summed E-state index contributed by atoms with van der Waals surface area (Å²) < 4.78 is 28.9. The van der Waals surface area contributed by atoms with E-state index < -0.39 is 6.61 Å². The molecule has 0 aliphatic rings. The van der Waals surface area contributed by atoms with Crippen molar-refractivity contribution in [3.8, 4) is 5.75 Å². The summed E-state index contributed by atoms with van der Waals surface area (Å²) in [6, 6.07) is 13.2. The van der Waals surface area contributed by atoms with Gasteiger partial charge in [-0.05, 0) is 54.7 Å². The number of ether oxygens (including phenoxy) is 1. The van der Waals surface area contributed by atoms with Crippen LogP contribution in [0.5, 0.6) is 5.75 Å². The molecule has 2 aromatic rings. The molecule has 0 spiro atoms. The molecule has 1 nitrogen and oxygen atoms in total. The highest BCUT2D eigenvalue weighted by molar-refractivity contribution is 9.09. The second-order valence-corrected chi connectivity index (χ2v) is 6.15. The number of hydrogen-bond donors (Lipinski definition) is 0. The smallest absolute Gasteiger partial charge is 0.387 e. The highest BCUT2D eigenvalue weighted by Gasteiger charge is 2.11. The molecule has 0 aromatic heterocycles. The van der Waals surface area contributed by atoms with Crippen LogP contribution in [0.25, 0.3) is 0 Å². The van der Waals surface area contributed by atoms with Crippen molar-refractivity contribution in [2.24, 2.45) is 0 Å². The molecule has 2 aromatic carbocycles. The van der Waals surface area contributed by atoms with Gasteiger partial charge in [0.25, 0.3) is 0 Å². The number of benzene rings is 2. The van der Waals surface area contributed by atoms with Crippen LogP contribution in [0, 0.1) is 13.8 Å². The van der Waals surface area contributed by atoms with Crippen LogP contribution in [-0.4, -0.2) is 6.61 Å². The zero-order valence-corrected chi connectivity index (χ0v) is 13.5. The number of halogens is 3. The van der Waals surface area contributed by atoms with Crippen LogP contribution >= 0.6 is 15.9 Å². The molecular weight excluding hydrogens is 338 g/mol. The van der Waals surface area contributed by atoms with E-state index >= 15 is 0 Å². The third kappa shape index (κ3) is 4.53. The fourth-order valence-corrected chi connectivity index (χ4v) is 2.80. The van der Waals surface area contributed by atoms with Crippen LogP contribution in [0.4, 0.5) is 8.78 Å². The van der Waals surface area contributed by atoms with Crippen molar-refractivity contribution in [3.05, 3.63) is 64.7 Å². The highest BCUT2D eigenvalue weighted by Crippen LogP contribution is 2.30. The maximum atomic E-state index is 12.2. The van der Waals surface area contributed by atoms with E-state index in [1.807, 2.05) is 6.07 Å². The Labute approximate surface area is 132 Å². The summed E-state index contributed by atoms with van der Waals surface area (Å²) in [4.78, 5) is 0.0563. The molecule has 0 N–H and O–H groups in total. The fraction of sp³-hybridized carbons (Fsp3) is 0.294. The Morgan fingerprint density at radius 2 is 1.81 bits per heavy atom. The van der Waals surface area contributed by atoms with Gasteiger partial charge in [0, 0.05) is 4.83 Å². The second kappa shape index (κ2) is 7.03. The molecule has 21 heavy (non-hydrogen) atoms. The Morgan fingerprint density at radius 3 is 2.48 bits per heavy atom. The summed E-state index contributed by atoms with van der Waals surface area (Å²) in [6.45, 7) is 1.36. The van der Waals surface area contributed by atoms with Crippen LogP contribution in [-0.2, 0) is 6.42 Å². The van der Waals surface area contributed by atoms with Crippen molar-refractivity contribution in [2.45, 2.75) is 31.7 Å². The molecule has 0 amide bonds. The van der Waals surface area contributed by atoms with Crippen molar-refractivity contribution in [2.75, 3.05) is 0 Å². The predicted molar refractivity (Wildman–Crippen MR) is 84.4 cm³/mol. The minimum absolute atomic E-state index is 0.0563. The van der Waals surface area contributed by atoms with Crippen molar-refractivity contribution in [1.82, 2.24) is 0 Å². The molecule has 1 unspecified atom stereocenters. The monoisotopic (exact) mass is 354 g/mol. The number of alkyl halides is 3. The van der Waals surface area contributed by atoms with Gasteiger partial charge in [-0.2, -0.15) is 8.78 Å². The third-order valence-corrected chi connectivity index (χ3v) is 4.28. The molecular formula is C17H17BrF2O. The van der Waals surface area contributed by atoms with E-state index in [-0.39, 0.29) is 10.6 Å². The minimum Gasteiger partial charge on any atom is -0.435 e. The summed E-state index contributed by atoms with van der Waals surface area (Å²) in [5.74, 6) is 0.187. The molecule has 0 heterocycles. The largest absolute Gasteiger partial charge is 0.435 e. The summed E-state index contributed by atoms with van der Waals surface area (Å²) >= 11 is 3.62. The molecule has 0 saturated heterocycles. The second-order valence-electron chi connectivity index (χ2n) is 5.04. The molecule has 0 aliphatic carbocycles. The first-order valence-corrected chi connectivity index (χ1v) is 7.62. The molecule has 0 aliphatic heterocycles. The highest BCUT2D eigenvalue weighted by atomic mass is 79.9. The summed E-state index contributed by atoms with van der Waals surface area (Å²) in [7, 11) is 0. The molecule has 0 saturated carbocycles. The van der Waals surface area contributed by atoms with Gasteiger partial charge in [-0.1, -0.05) is 46.3 Å². The lowest BCUT2D eigenvalue weighted by atomic mass is 10.0. The first-order chi connectivity index (χ1) is 9.95. The Bertz CT molecular complexity index is 613. The van der Waals surface area contributed by atoms with E-state index in [0.717, 1.165) is 12.0 Å². The van der Waals surface area contributed by atoms with Crippen LogP contribution < -0.4 is 4.74 Å². The Morgan fingerprint density at radius 1 is 1.05 bits per heavy atom. The van der Waals surface area contributed by atoms with Gasteiger partial charge in [-0.15, -0.1) is 0 Å². The lowest BCUT2D eigenvalue weighted by molar-refractivity contribution is -0.0498. The van der Waals surface area contributed by atoms with E-state index in [9.17, 15) is 8.78 Å². The summed E-state index contributed by atoms with van der Waals surface area (Å²) in [6.07, 6.45) is 0.791. The molecule has 112 valence electrons. The maximum Gasteiger partial charge on any atom is 0.387 e. The quantitative estimate of drug-likeness (QED) is 0.636. The van der Waals surface area contributed by atoms with E-state index in [1.54, 1.807) is 12.1 Å². The standard InChI is InChI=1S/C17H17BrF2O/c1-11-6-7-13(8-12(11)2)9-16(18)14-4-3-5-15(10-14)21-17(19)20/h3-8,10,16-17H,9H2,1-2H3. The zero-order valence-electron chi connectivity index (χ0n) is 11.9. The van der Waals surface area contributed by atoms with Crippen LogP contribution in [0.15, 0.2) is 42.5 Å². The fourth-order valence-electron chi connectivity index (χ4n) is 2.14. The average Bonchev–Trinajstić information content (AvgIpc) is 2.42. The van der Waals surface area contributed by atoms with Crippen LogP contribution in [0.1, 0.15) is 27.1 Å². The Hall–Kier alpha value is -1.42. The molecule has 0 radical (unpaired) electrons. The average molecular weight is 355 g/mol. The predicted octanol–water partition coefficient (Wildman–Crippen LogP) is 5.58. The van der Waals surface area contributed by atoms with Gasteiger partial charge in [-0.3, -0.25) is 0 Å². The van der Waals surface area contributed by atoms with E-state index in [4.69, 9.17) is 0 Å². The third-order valence-electron chi connectivity index (χ3n) is 3.43. The Kier molecular flexibility index (Phi) is 5.34. The van der Waals surface area contributed by atoms with Crippen LogP contribution in [0.2, 0.25) is 0 Å². The summed E-state index contributed by atoms with van der Waals surface area (Å²) in [5.41, 5.74) is 4.64. The lowest BCUT2D eigenvalue weighted by Gasteiger charge is -2.13. The van der Waals surface area contributed by atoms with Gasteiger partial charge in [0.1, 0.15) is 5.75 Å². The van der Waals surface area contributed by atoms with Gasteiger partial charge < -0.3 is 4.74 Å². The maximum absolute atomic E-state index is 12.2. The van der Waals surface area contributed by atoms with Gasteiger partial charge in [0.05, 0.1) is 0 Å². The van der Waals surface area contributed by atoms with E-state index in [0.29, 0.717) is 0 Å². The minimum atomic E-state index is -2.80. The van der Waals surface area contributed by atoms with Gasteiger partial charge in [-0.25, -0.2) is 0 Å². The van der Waals surface area contributed by atoms with Crippen molar-refractivity contribution in [1.29, 1.82) is 0 Å².